The number of aromatic hydroxyl groups is 1. The fourth-order valence-corrected chi connectivity index (χ4v) is 2.44. The van der Waals surface area contributed by atoms with Crippen LogP contribution in [-0.4, -0.2) is 16.9 Å². The van der Waals surface area contributed by atoms with Gasteiger partial charge in [0.1, 0.15) is 5.75 Å². The fraction of sp³-hybridized carbons (Fsp3) is 0.0526. The van der Waals surface area contributed by atoms with Crippen LogP contribution in [0.25, 0.3) is 10.8 Å². The highest BCUT2D eigenvalue weighted by atomic mass is 16.3. The summed E-state index contributed by atoms with van der Waals surface area (Å²) in [5, 5.41) is 16.6. The summed E-state index contributed by atoms with van der Waals surface area (Å²) in [5.74, 6) is -1.73. The number of carbonyl (C=O) groups excluding carboxylic acids is 2. The lowest BCUT2D eigenvalue weighted by Crippen LogP contribution is -2.29. The number of anilines is 2. The van der Waals surface area contributed by atoms with Gasteiger partial charge in [-0.3, -0.25) is 9.59 Å². The maximum Gasteiger partial charge on any atom is 0.314 e. The minimum Gasteiger partial charge on any atom is -0.506 e. The molecule has 0 unspecified atom stereocenters. The van der Waals surface area contributed by atoms with Gasteiger partial charge in [-0.2, -0.15) is 0 Å². The van der Waals surface area contributed by atoms with Crippen LogP contribution in [0.4, 0.5) is 11.4 Å². The van der Waals surface area contributed by atoms with E-state index in [9.17, 15) is 14.7 Å². The van der Waals surface area contributed by atoms with Crippen LogP contribution in [0.2, 0.25) is 0 Å². The van der Waals surface area contributed by atoms with Crippen LogP contribution in [0.3, 0.4) is 0 Å². The first-order valence-corrected chi connectivity index (χ1v) is 7.44. The zero-order valence-electron chi connectivity index (χ0n) is 13.0. The monoisotopic (exact) mass is 320 g/mol. The molecule has 5 nitrogen and oxygen atoms in total. The van der Waals surface area contributed by atoms with Crippen LogP contribution < -0.4 is 10.6 Å². The van der Waals surface area contributed by atoms with E-state index in [0.717, 1.165) is 16.3 Å². The molecule has 0 aliphatic heterocycles. The number of hydrogen-bond acceptors (Lipinski definition) is 3. The summed E-state index contributed by atoms with van der Waals surface area (Å²) in [4.78, 5) is 24.2. The number of hydrogen-bond donors (Lipinski definition) is 3. The van der Waals surface area contributed by atoms with E-state index in [2.05, 4.69) is 10.6 Å². The third-order valence-electron chi connectivity index (χ3n) is 3.64. The van der Waals surface area contributed by atoms with Crippen molar-refractivity contribution in [3.8, 4) is 5.75 Å². The Hall–Kier alpha value is -3.34. The molecule has 120 valence electrons. The van der Waals surface area contributed by atoms with Gasteiger partial charge in [-0.05, 0) is 36.1 Å². The number of nitrogens with one attached hydrogen (secondary N) is 2. The summed E-state index contributed by atoms with van der Waals surface area (Å²) in [6, 6.07) is 17.8. The minimum absolute atomic E-state index is 0.0908. The lowest BCUT2D eigenvalue weighted by molar-refractivity contribution is -0.132. The normalized spacial score (nSPS) is 10.4. The Labute approximate surface area is 138 Å². The zero-order valence-corrected chi connectivity index (χ0v) is 13.0. The van der Waals surface area contributed by atoms with E-state index in [1.165, 1.54) is 6.07 Å². The van der Waals surface area contributed by atoms with Gasteiger partial charge >= 0.3 is 11.8 Å². The Morgan fingerprint density at radius 2 is 1.50 bits per heavy atom. The molecule has 0 aliphatic rings. The van der Waals surface area contributed by atoms with Crippen LogP contribution in [0.1, 0.15) is 5.56 Å². The molecule has 0 heterocycles. The Morgan fingerprint density at radius 1 is 0.833 bits per heavy atom. The average Bonchev–Trinajstić information content (AvgIpc) is 2.58. The van der Waals surface area contributed by atoms with Crippen molar-refractivity contribution >= 4 is 34.0 Å². The molecule has 0 aromatic heterocycles. The molecule has 3 rings (SSSR count). The second-order valence-corrected chi connectivity index (χ2v) is 5.46. The summed E-state index contributed by atoms with van der Waals surface area (Å²) >= 11 is 0. The molecule has 0 atom stereocenters. The third-order valence-corrected chi connectivity index (χ3v) is 3.64. The van der Waals surface area contributed by atoms with Gasteiger partial charge in [0.05, 0.1) is 5.69 Å². The van der Waals surface area contributed by atoms with Crippen LogP contribution >= 0.6 is 0 Å². The van der Waals surface area contributed by atoms with E-state index in [1.807, 2.05) is 43.3 Å². The first-order valence-electron chi connectivity index (χ1n) is 7.44. The maximum absolute atomic E-state index is 12.2. The van der Waals surface area contributed by atoms with Crippen molar-refractivity contribution in [3.05, 3.63) is 66.2 Å². The number of amides is 2. The smallest absolute Gasteiger partial charge is 0.314 e. The second-order valence-electron chi connectivity index (χ2n) is 5.46. The molecule has 0 saturated carbocycles. The Bertz CT molecular complexity index is 930. The molecule has 2 amide bonds. The van der Waals surface area contributed by atoms with Crippen LogP contribution in [0, 0.1) is 6.92 Å². The molecule has 0 radical (unpaired) electrons. The minimum atomic E-state index is -0.844. The highest BCUT2D eigenvalue weighted by Crippen LogP contribution is 2.25. The van der Waals surface area contributed by atoms with E-state index >= 15 is 0 Å². The van der Waals surface area contributed by atoms with Gasteiger partial charge in [-0.25, -0.2) is 0 Å². The Morgan fingerprint density at radius 3 is 2.29 bits per heavy atom. The summed E-state index contributed by atoms with van der Waals surface area (Å²) in [7, 11) is 0. The molecular weight excluding hydrogens is 304 g/mol. The number of fused-ring (bicyclic) bond motifs is 1. The van der Waals surface area contributed by atoms with E-state index in [0.29, 0.717) is 5.69 Å². The highest BCUT2D eigenvalue weighted by Gasteiger charge is 2.16. The van der Waals surface area contributed by atoms with Crippen molar-refractivity contribution < 1.29 is 14.7 Å². The van der Waals surface area contributed by atoms with E-state index in [1.54, 1.807) is 18.2 Å². The van der Waals surface area contributed by atoms with Crippen molar-refractivity contribution in [3.63, 3.8) is 0 Å². The summed E-state index contributed by atoms with van der Waals surface area (Å²) in [6.45, 7) is 1.82. The predicted octanol–water partition coefficient (Wildman–Crippen LogP) is 3.43. The number of aryl methyl sites for hydroxylation is 1. The van der Waals surface area contributed by atoms with Gasteiger partial charge in [0.2, 0.25) is 0 Å². The number of phenolic OH excluding ortho intramolecular Hbond substituents is 1. The fourth-order valence-electron chi connectivity index (χ4n) is 2.44. The Balaban J connectivity index is 1.79. The average molecular weight is 320 g/mol. The number of phenols is 1. The highest BCUT2D eigenvalue weighted by molar-refractivity contribution is 6.44. The molecule has 3 aromatic rings. The van der Waals surface area contributed by atoms with Crippen LogP contribution in [0.15, 0.2) is 60.7 Å². The van der Waals surface area contributed by atoms with Crippen molar-refractivity contribution in [2.75, 3.05) is 10.6 Å². The molecule has 0 saturated heterocycles. The summed E-state index contributed by atoms with van der Waals surface area (Å²) < 4.78 is 0. The molecule has 3 aromatic carbocycles. The van der Waals surface area contributed by atoms with Crippen LogP contribution in [0.5, 0.6) is 5.75 Å². The first kappa shape index (κ1) is 15.6. The number of benzene rings is 3. The quantitative estimate of drug-likeness (QED) is 0.500. The van der Waals surface area contributed by atoms with E-state index in [-0.39, 0.29) is 11.4 Å². The van der Waals surface area contributed by atoms with Gasteiger partial charge in [-0.1, -0.05) is 42.5 Å². The largest absolute Gasteiger partial charge is 0.506 e. The molecule has 5 heteroatoms. The predicted molar refractivity (Wildman–Crippen MR) is 94.1 cm³/mol. The topological polar surface area (TPSA) is 78.4 Å². The van der Waals surface area contributed by atoms with Crippen molar-refractivity contribution in [2.24, 2.45) is 0 Å². The van der Waals surface area contributed by atoms with Gasteiger partial charge in [-0.15, -0.1) is 0 Å². The number of carbonyl (C=O) groups is 2. The zero-order chi connectivity index (χ0) is 17.1. The number of rotatable bonds is 2. The summed E-state index contributed by atoms with van der Waals surface area (Å²) in [6.07, 6.45) is 0. The molecule has 24 heavy (non-hydrogen) atoms. The third kappa shape index (κ3) is 3.20. The molecule has 3 N–H and O–H groups in total. The molecular formula is C19H16N2O3. The van der Waals surface area contributed by atoms with E-state index < -0.39 is 11.8 Å². The maximum atomic E-state index is 12.2. The standard InChI is InChI=1S/C19H16N2O3/c1-12-9-10-17(22)16(11-12)21-19(24)18(23)20-15-8-4-6-13-5-2-3-7-14(13)15/h2-11,22H,1H3,(H,20,23)(H,21,24). The van der Waals surface area contributed by atoms with Crippen molar-refractivity contribution in [2.45, 2.75) is 6.92 Å². The van der Waals surface area contributed by atoms with Gasteiger partial charge in [0.15, 0.2) is 0 Å². The Kier molecular flexibility index (Phi) is 4.16. The lowest BCUT2D eigenvalue weighted by Gasteiger charge is -2.10. The van der Waals surface area contributed by atoms with E-state index in [4.69, 9.17) is 0 Å². The van der Waals surface area contributed by atoms with Gasteiger partial charge in [0.25, 0.3) is 0 Å². The second kappa shape index (κ2) is 6.42. The molecule has 0 aliphatic carbocycles. The molecule has 0 spiro atoms. The van der Waals surface area contributed by atoms with Crippen LogP contribution in [-0.2, 0) is 9.59 Å². The van der Waals surface area contributed by atoms with Crippen molar-refractivity contribution in [1.82, 2.24) is 0 Å². The lowest BCUT2D eigenvalue weighted by atomic mass is 10.1. The van der Waals surface area contributed by atoms with Gasteiger partial charge in [0, 0.05) is 11.1 Å². The molecule has 0 fully saturated rings. The van der Waals surface area contributed by atoms with Gasteiger partial charge < -0.3 is 15.7 Å². The summed E-state index contributed by atoms with van der Waals surface area (Å²) in [5.41, 5.74) is 1.62. The first-order chi connectivity index (χ1) is 11.5. The SMILES string of the molecule is Cc1ccc(O)c(NC(=O)C(=O)Nc2cccc3ccccc23)c1. The molecule has 0 bridgehead atoms. The van der Waals surface area contributed by atoms with Crippen molar-refractivity contribution in [1.29, 1.82) is 0 Å².